The van der Waals surface area contributed by atoms with Crippen molar-refractivity contribution in [3.63, 3.8) is 0 Å². The Bertz CT molecular complexity index is 1090. The van der Waals surface area contributed by atoms with E-state index in [0.29, 0.717) is 23.8 Å². The van der Waals surface area contributed by atoms with Crippen LogP contribution in [0.25, 0.3) is 11.0 Å². The second-order valence-corrected chi connectivity index (χ2v) is 7.87. The molecule has 6 heteroatoms. The van der Waals surface area contributed by atoms with Crippen molar-refractivity contribution in [2.24, 2.45) is 5.92 Å². The molecule has 6 nitrogen and oxygen atoms in total. The number of carbonyl (C=O) groups is 1. The Balaban J connectivity index is 1.52. The van der Waals surface area contributed by atoms with Crippen LogP contribution in [0.3, 0.4) is 0 Å². The fourth-order valence-corrected chi connectivity index (χ4v) is 4.09. The lowest BCUT2D eigenvalue weighted by Gasteiger charge is -2.23. The van der Waals surface area contributed by atoms with Crippen molar-refractivity contribution >= 4 is 16.9 Å². The first-order valence-corrected chi connectivity index (χ1v) is 10.2. The summed E-state index contributed by atoms with van der Waals surface area (Å²) >= 11 is 0. The first-order chi connectivity index (χ1) is 14.0. The summed E-state index contributed by atoms with van der Waals surface area (Å²) in [6, 6.07) is 9.64. The van der Waals surface area contributed by atoms with Gasteiger partial charge < -0.3 is 19.6 Å². The number of benzene rings is 1. The van der Waals surface area contributed by atoms with Crippen LogP contribution in [0.4, 0.5) is 0 Å². The Kier molecular flexibility index (Phi) is 5.53. The molecule has 0 saturated carbocycles. The molecule has 1 aliphatic heterocycles. The van der Waals surface area contributed by atoms with Crippen molar-refractivity contribution in [2.75, 3.05) is 13.1 Å². The molecule has 0 spiro atoms. The monoisotopic (exact) mass is 393 g/mol. The Hall–Kier alpha value is -2.86. The number of carbonyl (C=O) groups excluding carboxylic acids is 1. The van der Waals surface area contributed by atoms with Gasteiger partial charge in [-0.2, -0.15) is 0 Å². The van der Waals surface area contributed by atoms with Crippen molar-refractivity contribution < 1.29 is 9.21 Å². The van der Waals surface area contributed by atoms with E-state index >= 15 is 0 Å². The van der Waals surface area contributed by atoms with Gasteiger partial charge in [0.05, 0.1) is 6.54 Å². The lowest BCUT2D eigenvalue weighted by molar-refractivity contribution is 0.0945. The maximum atomic E-state index is 13.0. The molecule has 1 amide bonds. The summed E-state index contributed by atoms with van der Waals surface area (Å²) in [6.45, 7) is 6.61. The van der Waals surface area contributed by atoms with Gasteiger partial charge in [-0.3, -0.25) is 9.59 Å². The highest BCUT2D eigenvalue weighted by atomic mass is 16.3. The maximum Gasteiger partial charge on any atom is 0.263 e. The van der Waals surface area contributed by atoms with E-state index in [-0.39, 0.29) is 23.6 Å². The number of hydrogen-bond acceptors (Lipinski definition) is 4. The summed E-state index contributed by atoms with van der Waals surface area (Å²) in [7, 11) is 0. The van der Waals surface area contributed by atoms with Gasteiger partial charge in [-0.05, 0) is 63.4 Å². The highest BCUT2D eigenvalue weighted by Gasteiger charge is 2.20. The summed E-state index contributed by atoms with van der Waals surface area (Å²) in [6.07, 6.45) is 4.02. The van der Waals surface area contributed by atoms with Crippen LogP contribution in [0.2, 0.25) is 0 Å². The topological polar surface area (TPSA) is 76.3 Å². The van der Waals surface area contributed by atoms with Gasteiger partial charge in [0.2, 0.25) is 0 Å². The quantitative estimate of drug-likeness (QED) is 0.698. The van der Waals surface area contributed by atoms with Gasteiger partial charge in [0.1, 0.15) is 16.9 Å². The van der Waals surface area contributed by atoms with Crippen molar-refractivity contribution in [1.82, 2.24) is 15.2 Å². The number of aryl methyl sites for hydroxylation is 2. The minimum atomic E-state index is -0.358. The molecule has 1 atom stereocenters. The van der Waals surface area contributed by atoms with Crippen LogP contribution >= 0.6 is 0 Å². The average molecular weight is 393 g/mol. The normalized spacial score (nSPS) is 16.8. The molecule has 3 aromatic rings. The van der Waals surface area contributed by atoms with Crippen molar-refractivity contribution in [3.05, 3.63) is 69.3 Å². The summed E-state index contributed by atoms with van der Waals surface area (Å²) in [5.41, 5.74) is 2.48. The van der Waals surface area contributed by atoms with Crippen LogP contribution in [-0.2, 0) is 13.1 Å². The fraction of sp³-hybridized carbons (Fsp3) is 0.391. The number of nitrogens with zero attached hydrogens (tertiary/aromatic N) is 1. The van der Waals surface area contributed by atoms with Gasteiger partial charge in [-0.15, -0.1) is 0 Å². The molecule has 1 aliphatic rings. The maximum absolute atomic E-state index is 13.0. The molecule has 1 aromatic carbocycles. The van der Waals surface area contributed by atoms with Crippen LogP contribution in [0.5, 0.6) is 0 Å². The highest BCUT2D eigenvalue weighted by molar-refractivity contribution is 5.95. The Labute approximate surface area is 169 Å². The fourth-order valence-electron chi connectivity index (χ4n) is 4.09. The average Bonchev–Trinajstić information content (AvgIpc) is 3.05. The molecule has 3 heterocycles. The molecule has 1 fully saturated rings. The van der Waals surface area contributed by atoms with E-state index in [2.05, 4.69) is 10.6 Å². The smallest absolute Gasteiger partial charge is 0.263 e. The van der Waals surface area contributed by atoms with E-state index in [1.807, 2.05) is 37.3 Å². The predicted octanol–water partition coefficient (Wildman–Crippen LogP) is 3.14. The van der Waals surface area contributed by atoms with Crippen LogP contribution in [0, 0.1) is 19.8 Å². The predicted molar refractivity (Wildman–Crippen MR) is 113 cm³/mol. The summed E-state index contributed by atoms with van der Waals surface area (Å²) < 4.78 is 7.54. The SMILES string of the molecule is Cc1ccn(CC2CCCNC2)c(=O)c1C(=O)NCc1oc2ccccc2c1C. The first kappa shape index (κ1) is 19.5. The third kappa shape index (κ3) is 3.98. The van der Waals surface area contributed by atoms with Crippen molar-refractivity contribution in [2.45, 2.75) is 39.8 Å². The Morgan fingerprint density at radius 2 is 2.10 bits per heavy atom. The number of pyridine rings is 1. The molecular weight excluding hydrogens is 366 g/mol. The zero-order valence-electron chi connectivity index (χ0n) is 17.0. The highest BCUT2D eigenvalue weighted by Crippen LogP contribution is 2.24. The minimum Gasteiger partial charge on any atom is -0.459 e. The van der Waals surface area contributed by atoms with E-state index < -0.39 is 0 Å². The van der Waals surface area contributed by atoms with Crippen molar-refractivity contribution in [1.29, 1.82) is 0 Å². The molecule has 0 aliphatic carbocycles. The van der Waals surface area contributed by atoms with E-state index in [0.717, 1.165) is 42.5 Å². The van der Waals surface area contributed by atoms with Gasteiger partial charge in [0.15, 0.2) is 0 Å². The van der Waals surface area contributed by atoms with Gasteiger partial charge >= 0.3 is 0 Å². The number of amides is 1. The third-order valence-corrected chi connectivity index (χ3v) is 5.81. The lowest BCUT2D eigenvalue weighted by atomic mass is 9.99. The largest absolute Gasteiger partial charge is 0.459 e. The number of rotatable bonds is 5. The number of aromatic nitrogens is 1. The minimum absolute atomic E-state index is 0.213. The van der Waals surface area contributed by atoms with Crippen LogP contribution in [0.15, 0.2) is 45.7 Å². The van der Waals surface area contributed by atoms with E-state index in [1.165, 1.54) is 0 Å². The van der Waals surface area contributed by atoms with Gasteiger partial charge in [-0.25, -0.2) is 0 Å². The molecule has 152 valence electrons. The van der Waals surface area contributed by atoms with Crippen molar-refractivity contribution in [3.8, 4) is 0 Å². The summed E-state index contributed by atoms with van der Waals surface area (Å²) in [5, 5.41) is 7.28. The van der Waals surface area contributed by atoms with Gasteiger partial charge in [0, 0.05) is 23.7 Å². The second kappa shape index (κ2) is 8.25. The van der Waals surface area contributed by atoms with E-state index in [4.69, 9.17) is 4.42 Å². The molecule has 1 unspecified atom stereocenters. The number of piperidine rings is 1. The number of para-hydroxylation sites is 1. The van der Waals surface area contributed by atoms with Crippen LogP contribution < -0.4 is 16.2 Å². The second-order valence-electron chi connectivity index (χ2n) is 7.87. The zero-order chi connectivity index (χ0) is 20.4. The molecule has 0 bridgehead atoms. The first-order valence-electron chi connectivity index (χ1n) is 10.2. The van der Waals surface area contributed by atoms with E-state index in [9.17, 15) is 9.59 Å². The Morgan fingerprint density at radius 3 is 2.86 bits per heavy atom. The Morgan fingerprint density at radius 1 is 1.28 bits per heavy atom. The molecule has 2 aromatic heterocycles. The van der Waals surface area contributed by atoms with Crippen LogP contribution in [0.1, 0.15) is 40.1 Å². The standard InChI is InChI=1S/C23H27N3O3/c1-15-9-11-26(14-17-6-5-10-24-12-17)23(28)21(15)22(27)25-13-20-16(2)18-7-3-4-8-19(18)29-20/h3-4,7-9,11,17,24H,5-6,10,12-14H2,1-2H3,(H,25,27). The number of hydrogen-bond donors (Lipinski definition) is 2. The zero-order valence-corrected chi connectivity index (χ0v) is 17.0. The van der Waals surface area contributed by atoms with Gasteiger partial charge in [-0.1, -0.05) is 18.2 Å². The lowest BCUT2D eigenvalue weighted by Crippen LogP contribution is -2.37. The molecule has 1 saturated heterocycles. The molecule has 4 rings (SSSR count). The molecule has 0 radical (unpaired) electrons. The van der Waals surface area contributed by atoms with E-state index in [1.54, 1.807) is 17.7 Å². The number of furan rings is 1. The summed E-state index contributed by atoms with van der Waals surface area (Å²) in [4.78, 5) is 25.8. The van der Waals surface area contributed by atoms with Gasteiger partial charge in [0.25, 0.3) is 11.5 Å². The third-order valence-electron chi connectivity index (χ3n) is 5.81. The number of nitrogens with one attached hydrogen (secondary N) is 2. The summed E-state index contributed by atoms with van der Waals surface area (Å²) in [5.74, 6) is 0.767. The molecule has 2 N–H and O–H groups in total. The number of fused-ring (bicyclic) bond motifs is 1. The van der Waals surface area contributed by atoms with Crippen LogP contribution in [-0.4, -0.2) is 23.6 Å². The molecule has 29 heavy (non-hydrogen) atoms. The molecular formula is C23H27N3O3.